The summed E-state index contributed by atoms with van der Waals surface area (Å²) in [5.74, 6) is 6.50. The van der Waals surface area contributed by atoms with E-state index in [0.717, 1.165) is 17.7 Å². The van der Waals surface area contributed by atoms with Crippen molar-refractivity contribution in [2.24, 2.45) is 5.92 Å². The smallest absolute Gasteiger partial charge is 0.251 e. The van der Waals surface area contributed by atoms with Crippen LogP contribution in [0, 0.1) is 24.7 Å². The second-order valence-corrected chi connectivity index (χ2v) is 5.37. The number of benzene rings is 1. The van der Waals surface area contributed by atoms with Gasteiger partial charge in [0.05, 0.1) is 6.61 Å². The maximum atomic E-state index is 12.1. The van der Waals surface area contributed by atoms with Gasteiger partial charge in [0.15, 0.2) is 0 Å². The van der Waals surface area contributed by atoms with Gasteiger partial charge in [0.1, 0.15) is 0 Å². The van der Waals surface area contributed by atoms with E-state index in [1.54, 1.807) is 0 Å². The lowest BCUT2D eigenvalue weighted by atomic mass is 9.85. The molecule has 106 valence electrons. The van der Waals surface area contributed by atoms with Crippen LogP contribution in [0.5, 0.6) is 0 Å². The van der Waals surface area contributed by atoms with E-state index in [0.29, 0.717) is 17.9 Å². The average molecular weight is 271 g/mol. The van der Waals surface area contributed by atoms with E-state index >= 15 is 0 Å². The summed E-state index contributed by atoms with van der Waals surface area (Å²) in [7, 11) is 0. The molecule has 0 atom stereocenters. The van der Waals surface area contributed by atoms with Crippen molar-refractivity contribution >= 4 is 5.91 Å². The highest BCUT2D eigenvalue weighted by Crippen LogP contribution is 2.25. The summed E-state index contributed by atoms with van der Waals surface area (Å²) in [6, 6.07) is 5.65. The lowest BCUT2D eigenvalue weighted by Crippen LogP contribution is -2.32. The topological polar surface area (TPSA) is 49.3 Å². The molecule has 0 saturated heterocycles. The first kappa shape index (κ1) is 14.6. The number of rotatable bonds is 4. The largest absolute Gasteiger partial charge is 0.395 e. The van der Waals surface area contributed by atoms with Crippen molar-refractivity contribution in [3.8, 4) is 11.8 Å². The van der Waals surface area contributed by atoms with Crippen LogP contribution in [0.3, 0.4) is 0 Å². The lowest BCUT2D eigenvalue weighted by Gasteiger charge is -2.25. The van der Waals surface area contributed by atoms with E-state index in [4.69, 9.17) is 5.11 Å². The van der Waals surface area contributed by atoms with Crippen LogP contribution in [0.1, 0.15) is 47.2 Å². The summed E-state index contributed by atoms with van der Waals surface area (Å²) in [6.45, 7) is 2.80. The molecule has 0 bridgehead atoms. The Morgan fingerprint density at radius 3 is 2.85 bits per heavy atom. The number of hydrogen-bond acceptors (Lipinski definition) is 2. The van der Waals surface area contributed by atoms with Gasteiger partial charge in [-0.1, -0.05) is 18.3 Å². The van der Waals surface area contributed by atoms with E-state index in [2.05, 4.69) is 17.2 Å². The fourth-order valence-electron chi connectivity index (χ4n) is 2.24. The monoisotopic (exact) mass is 271 g/mol. The molecule has 3 heteroatoms. The average Bonchev–Trinajstić information content (AvgIpc) is 2.36. The van der Waals surface area contributed by atoms with Crippen LogP contribution < -0.4 is 5.32 Å². The molecule has 1 fully saturated rings. The fourth-order valence-corrected chi connectivity index (χ4v) is 2.24. The van der Waals surface area contributed by atoms with Gasteiger partial charge in [-0.05, 0) is 49.4 Å². The lowest BCUT2D eigenvalue weighted by molar-refractivity contribution is 0.0939. The van der Waals surface area contributed by atoms with Gasteiger partial charge in [-0.2, -0.15) is 0 Å². The maximum Gasteiger partial charge on any atom is 0.251 e. The third-order valence-electron chi connectivity index (χ3n) is 3.59. The summed E-state index contributed by atoms with van der Waals surface area (Å²) in [4.78, 5) is 12.1. The van der Waals surface area contributed by atoms with Crippen LogP contribution in [0.2, 0.25) is 0 Å². The molecule has 1 aliphatic carbocycles. The van der Waals surface area contributed by atoms with E-state index in [1.165, 1.54) is 19.3 Å². The zero-order valence-corrected chi connectivity index (χ0v) is 11.9. The Hall–Kier alpha value is -1.79. The molecule has 0 spiro atoms. The van der Waals surface area contributed by atoms with Crippen LogP contribution in [-0.4, -0.2) is 24.2 Å². The van der Waals surface area contributed by atoms with E-state index in [-0.39, 0.29) is 12.5 Å². The molecule has 0 aliphatic heterocycles. The molecule has 2 rings (SSSR count). The summed E-state index contributed by atoms with van der Waals surface area (Å²) in [5.41, 5.74) is 2.51. The van der Waals surface area contributed by atoms with Crippen molar-refractivity contribution in [2.75, 3.05) is 13.2 Å². The zero-order valence-electron chi connectivity index (χ0n) is 11.9. The Morgan fingerprint density at radius 2 is 2.20 bits per heavy atom. The number of aliphatic hydroxyl groups is 1. The first-order valence-electron chi connectivity index (χ1n) is 7.18. The number of hydrogen-bond donors (Lipinski definition) is 2. The molecular formula is C17H21NO2. The molecule has 0 aromatic heterocycles. The highest BCUT2D eigenvalue weighted by molar-refractivity contribution is 5.94. The molecule has 3 nitrogen and oxygen atoms in total. The van der Waals surface area contributed by atoms with Crippen molar-refractivity contribution in [3.05, 3.63) is 34.9 Å². The highest BCUT2D eigenvalue weighted by atomic mass is 16.2. The van der Waals surface area contributed by atoms with Crippen LogP contribution >= 0.6 is 0 Å². The maximum absolute atomic E-state index is 12.1. The minimum Gasteiger partial charge on any atom is -0.395 e. The Bertz CT molecular complexity index is 536. The number of amides is 1. The number of nitrogens with one attached hydrogen (secondary N) is 1. The number of carbonyl (C=O) groups is 1. The van der Waals surface area contributed by atoms with E-state index in [9.17, 15) is 4.79 Å². The minimum atomic E-state index is -0.0224. The quantitative estimate of drug-likeness (QED) is 0.825. The SMILES string of the molecule is Cc1cc(C#CCCO)cc(C(=O)NCC2CCC2)c1. The van der Waals surface area contributed by atoms with Crippen LogP contribution in [0.4, 0.5) is 0 Å². The van der Waals surface area contributed by atoms with Crippen molar-refractivity contribution in [1.29, 1.82) is 0 Å². The van der Waals surface area contributed by atoms with Crippen molar-refractivity contribution < 1.29 is 9.90 Å². The van der Waals surface area contributed by atoms with Gasteiger partial charge in [-0.15, -0.1) is 0 Å². The number of aryl methyl sites for hydroxylation is 1. The molecule has 1 aromatic carbocycles. The van der Waals surface area contributed by atoms with Gasteiger partial charge < -0.3 is 10.4 Å². The van der Waals surface area contributed by atoms with Crippen molar-refractivity contribution in [2.45, 2.75) is 32.6 Å². The van der Waals surface area contributed by atoms with Gasteiger partial charge in [0, 0.05) is 24.1 Å². The minimum absolute atomic E-state index is 0.0224. The zero-order chi connectivity index (χ0) is 14.4. The van der Waals surface area contributed by atoms with Crippen LogP contribution in [0.25, 0.3) is 0 Å². The second-order valence-electron chi connectivity index (χ2n) is 5.37. The first-order chi connectivity index (χ1) is 9.69. The van der Waals surface area contributed by atoms with Gasteiger partial charge in [0.25, 0.3) is 5.91 Å². The summed E-state index contributed by atoms with van der Waals surface area (Å²) < 4.78 is 0. The Balaban J connectivity index is 2.02. The number of aliphatic hydroxyl groups excluding tert-OH is 1. The molecule has 0 radical (unpaired) electrons. The Morgan fingerprint density at radius 1 is 1.40 bits per heavy atom. The van der Waals surface area contributed by atoms with Crippen molar-refractivity contribution in [3.63, 3.8) is 0 Å². The summed E-state index contributed by atoms with van der Waals surface area (Å²) in [5, 5.41) is 11.7. The molecule has 1 aromatic rings. The second kappa shape index (κ2) is 7.12. The Labute approximate surface area is 120 Å². The molecular weight excluding hydrogens is 250 g/mol. The van der Waals surface area contributed by atoms with E-state index < -0.39 is 0 Å². The van der Waals surface area contributed by atoms with Gasteiger partial charge >= 0.3 is 0 Å². The normalized spacial score (nSPS) is 14.1. The summed E-state index contributed by atoms with van der Waals surface area (Å²) >= 11 is 0. The molecule has 2 N–H and O–H groups in total. The molecule has 1 saturated carbocycles. The molecule has 0 heterocycles. The third kappa shape index (κ3) is 4.11. The first-order valence-corrected chi connectivity index (χ1v) is 7.18. The van der Waals surface area contributed by atoms with E-state index in [1.807, 2.05) is 25.1 Å². The molecule has 0 unspecified atom stereocenters. The van der Waals surface area contributed by atoms with Gasteiger partial charge in [-0.25, -0.2) is 0 Å². The molecule has 1 amide bonds. The van der Waals surface area contributed by atoms with Crippen molar-refractivity contribution in [1.82, 2.24) is 5.32 Å². The summed E-state index contributed by atoms with van der Waals surface area (Å²) in [6.07, 6.45) is 4.20. The third-order valence-corrected chi connectivity index (χ3v) is 3.59. The number of carbonyl (C=O) groups excluding carboxylic acids is 1. The standard InChI is InChI=1S/C17H21NO2/c1-13-9-15(5-2-3-8-19)11-16(10-13)17(20)18-12-14-6-4-7-14/h9-11,14,19H,3-4,6-8,12H2,1H3,(H,18,20). The molecule has 20 heavy (non-hydrogen) atoms. The predicted octanol–water partition coefficient (Wildman–Crippen LogP) is 2.26. The fraction of sp³-hybridized carbons (Fsp3) is 0.471. The van der Waals surface area contributed by atoms with Gasteiger partial charge in [-0.3, -0.25) is 4.79 Å². The Kier molecular flexibility index (Phi) is 5.20. The predicted molar refractivity (Wildman–Crippen MR) is 79.4 cm³/mol. The van der Waals surface area contributed by atoms with Gasteiger partial charge in [0.2, 0.25) is 0 Å². The molecule has 1 aliphatic rings. The van der Waals surface area contributed by atoms with Crippen LogP contribution in [0.15, 0.2) is 18.2 Å². The highest BCUT2D eigenvalue weighted by Gasteiger charge is 2.18. The van der Waals surface area contributed by atoms with Crippen LogP contribution in [-0.2, 0) is 0 Å².